The summed E-state index contributed by atoms with van der Waals surface area (Å²) in [5.74, 6) is 16.7. The van der Waals surface area contributed by atoms with Gasteiger partial charge >= 0.3 is 0 Å². The fraction of sp³-hybridized carbons (Fsp3) is 0.754. The third kappa shape index (κ3) is 17.3. The molecule has 4 aromatic carbocycles. The van der Waals surface area contributed by atoms with E-state index in [1.54, 1.807) is 16.9 Å². The topological polar surface area (TPSA) is 306 Å². The molecule has 0 radical (unpaired) electrons. The fourth-order valence-corrected chi connectivity index (χ4v) is 39.2. The Bertz CT molecular complexity index is 6340. The van der Waals surface area contributed by atoms with Gasteiger partial charge in [0.25, 0.3) is 0 Å². The highest BCUT2D eigenvalue weighted by Gasteiger charge is 2.68. The van der Waals surface area contributed by atoms with Crippen molar-refractivity contribution in [3.63, 3.8) is 0 Å². The van der Waals surface area contributed by atoms with Crippen LogP contribution in [0.15, 0.2) is 88.7 Å². The molecule has 0 aliphatic heterocycles. The van der Waals surface area contributed by atoms with Gasteiger partial charge in [-0.05, 0) is 490 Å². The number of fused-ring (bicyclic) bond motifs is 24. The van der Waals surface area contributed by atoms with E-state index in [4.69, 9.17) is 0 Å². The van der Waals surface area contributed by atoms with Crippen LogP contribution in [0.1, 0.15) is 334 Å². The number of benzene rings is 4. The number of aryl methyl sites for hydroxylation is 1. The maximum absolute atomic E-state index is 14.3. The van der Waals surface area contributed by atoms with Crippen LogP contribution in [0.4, 0.5) is 0 Å². The Morgan fingerprint density at radius 3 is 1.13 bits per heavy atom. The van der Waals surface area contributed by atoms with E-state index < -0.39 is 37.8 Å². The van der Waals surface area contributed by atoms with Gasteiger partial charge in [0.15, 0.2) is 33.0 Å². The summed E-state index contributed by atoms with van der Waals surface area (Å²) in [6.45, 7) is 34.9. The lowest BCUT2D eigenvalue weighted by Gasteiger charge is -2.62. The Morgan fingerprint density at radius 2 is 0.725 bits per heavy atom. The van der Waals surface area contributed by atoms with Crippen LogP contribution in [0.2, 0.25) is 0 Å². The SMILES string of the molecule is C=S(C)c1ccc2nn(CC(=O)[C@H]3CC[C@H]4[C@@H]5CC[C@@H]6C[C@](C)(O)CC[C@]6(C)[C@H]5CC[C@]34C)nc2c1.CC(C)(C(=O)[C@H]1CC[C@H]2[C@@H]3CC[C@H]4C[C@](C)(O)CC[C@]4(C)[C@H]3CC[C@]12C)n1nnc2ccccc21.C[C@@]1(O)CC[C@@]2(C)[C@H](CC[C@@H]3[C@@H]2CC[C@]2(C)[C@@H](C(=O)Cn4nc5ccc(S(C)(=O)=O)cc5n4)CC[C@@H]32)C1.Cc1ccc2nnn(CC(=O)[C@H]3CC[C@H]4[C@@H]5CC[C@@H]6C[C@](C)(O)CC[C@]6(C)[C@H]5CC[C@]34C)c2c1. The zero-order valence-electron chi connectivity index (χ0n) is 88.8. The third-order valence-electron chi connectivity index (χ3n) is 46.0. The summed E-state index contributed by atoms with van der Waals surface area (Å²) in [6, 6.07) is 25.0. The molecule has 16 fully saturated rings. The average Bonchev–Trinajstić information content (AvgIpc) is 1.47. The van der Waals surface area contributed by atoms with Gasteiger partial charge in [-0.25, -0.2) is 17.8 Å². The van der Waals surface area contributed by atoms with Crippen LogP contribution in [0.5, 0.6) is 0 Å². The van der Waals surface area contributed by atoms with Crippen LogP contribution in [-0.4, -0.2) is 153 Å². The van der Waals surface area contributed by atoms with Crippen LogP contribution in [0, 0.1) is 169 Å². The number of nitrogens with zero attached hydrogens (tertiary/aromatic N) is 12. The van der Waals surface area contributed by atoms with Gasteiger partial charge in [-0.1, -0.05) is 89.9 Å². The second-order valence-electron chi connectivity index (χ2n) is 54.4. The highest BCUT2D eigenvalue weighted by molar-refractivity contribution is 8.13. The number of carbonyl (C=O) groups is 4. The minimum Gasteiger partial charge on any atom is -0.390 e. The van der Waals surface area contributed by atoms with Crippen molar-refractivity contribution < 1.29 is 48.0 Å². The van der Waals surface area contributed by atoms with Gasteiger partial charge in [0, 0.05) is 34.8 Å². The quantitative estimate of drug-likeness (QED) is 0.0735. The summed E-state index contributed by atoms with van der Waals surface area (Å²) < 4.78 is 27.5. The van der Waals surface area contributed by atoms with Crippen molar-refractivity contribution in [2.75, 3.05) is 12.5 Å². The van der Waals surface area contributed by atoms with Gasteiger partial charge in [-0.3, -0.25) is 19.2 Å². The van der Waals surface area contributed by atoms with Crippen molar-refractivity contribution in [2.45, 2.75) is 392 Å². The molecule has 142 heavy (non-hydrogen) atoms. The van der Waals surface area contributed by atoms with E-state index >= 15 is 0 Å². The number of hydrogen-bond donors (Lipinski definition) is 4. The molecule has 4 N–H and O–H groups in total. The Labute approximate surface area is 846 Å². The van der Waals surface area contributed by atoms with Gasteiger partial charge in [0.05, 0.1) is 38.3 Å². The van der Waals surface area contributed by atoms with E-state index in [-0.39, 0.29) is 79.6 Å². The molecular weight excluding hydrogens is 1810 g/mol. The van der Waals surface area contributed by atoms with Crippen LogP contribution >= 0.6 is 10.5 Å². The zero-order valence-corrected chi connectivity index (χ0v) is 90.4. The van der Waals surface area contributed by atoms with Gasteiger partial charge in [-0.15, -0.1) is 10.2 Å². The maximum atomic E-state index is 14.3. The summed E-state index contributed by atoms with van der Waals surface area (Å²) in [5.41, 5.74) is 6.66. The van der Waals surface area contributed by atoms with E-state index in [1.165, 1.54) is 130 Å². The number of rotatable bonds is 14. The van der Waals surface area contributed by atoms with Gasteiger partial charge in [-0.2, -0.15) is 40.5 Å². The first kappa shape index (κ1) is 101. The van der Waals surface area contributed by atoms with Crippen LogP contribution in [0.25, 0.3) is 44.1 Å². The standard InChI is InChI=1S/C30H43N3O2S.C30H43N3O2.C29H41N3O4S.C29H41N3O2/c1-28(35)14-15-29(2)19(17-28)6-8-21-22-9-10-24(30(22,3)13-12-23(21)29)27(34)18-33-31-25-11-7-20(36(4)5)16-26(25)32-33;1-27(2,33-25-9-7-6-8-24(25)31-32-33)26(34)23-13-12-21-20-11-10-19-18-28(3,35)16-17-29(19,4)22(20)14-15-30(21,23)5;1-27(34)13-14-28(2)18(16-27)5-7-20-21-8-9-23(29(21,3)12-11-22(20)28)26(33)17-32-30-24-10-6-19(37(4,35)36)15-25(24)31-32;1-18-5-10-24-25(15-18)32(31-30-24)17-26(33)23-9-8-21-20-7-6-19-16-27(2,34)13-14-28(19,3)22(20)11-12-29(21,23)4/h7,11,16,19,21-24,35H,4,6,8-10,12-15,17-18H2,1-3,5H3;6-9,19-23,35H,10-18H2,1-5H3;6,10,15,18,20-23,34H,5,7-9,11-14,16-17H2,1-4H3;5,10,15,19-23,34H,6-9,11-14,16-17H2,1-4H3/t19-,21+,22+,23+,24-,28-,29+,30+,36?;19-,20-,21-,22-,23+,28+,29-,30-;18-,20+,21+,22+,23-,27-,28+,29+;19-,20+,21+,22+,23-,27-,28+,29+/m1011/s1. The average molecular weight is 1980 g/mol. The summed E-state index contributed by atoms with van der Waals surface area (Å²) in [4.78, 5) is 59.9. The van der Waals surface area contributed by atoms with Crippen molar-refractivity contribution in [3.8, 4) is 0 Å². The highest BCUT2D eigenvalue weighted by Crippen LogP contribution is 2.74. The molecular formula is C118H168N12O10S2. The number of sulfone groups is 1. The zero-order chi connectivity index (χ0) is 101. The summed E-state index contributed by atoms with van der Waals surface area (Å²) in [5, 5.41) is 78.7. The Morgan fingerprint density at radius 1 is 0.380 bits per heavy atom. The van der Waals surface area contributed by atoms with E-state index in [0.29, 0.717) is 116 Å². The second kappa shape index (κ2) is 36.0. The van der Waals surface area contributed by atoms with Gasteiger partial charge in [0.1, 0.15) is 58.3 Å². The molecule has 0 bridgehead atoms. The minimum absolute atomic E-state index is 0.0248. The van der Waals surface area contributed by atoms with E-state index in [2.05, 4.69) is 134 Å². The molecule has 8 aromatic rings. The monoisotopic (exact) mass is 1980 g/mol. The molecule has 4 aromatic heterocycles. The lowest BCUT2D eigenvalue weighted by atomic mass is 9.44. The lowest BCUT2D eigenvalue weighted by Crippen LogP contribution is -2.56. The second-order valence-corrected chi connectivity index (χ2v) is 58.1. The largest absolute Gasteiger partial charge is 0.390 e. The number of aromatic nitrogens is 12. The Balaban J connectivity index is 0.000000112. The fourth-order valence-electron chi connectivity index (χ4n) is 38.0. The number of carbonyl (C=O) groups excluding carboxylic acids is 4. The van der Waals surface area contributed by atoms with Crippen molar-refractivity contribution in [1.29, 1.82) is 0 Å². The van der Waals surface area contributed by atoms with Crippen LogP contribution in [0.3, 0.4) is 0 Å². The van der Waals surface area contributed by atoms with E-state index in [0.717, 1.165) is 197 Å². The van der Waals surface area contributed by atoms with Gasteiger partial charge in [0.2, 0.25) is 0 Å². The molecule has 33 atom stereocenters. The van der Waals surface area contributed by atoms with E-state index in [9.17, 15) is 48.0 Å². The molecule has 16 aliphatic rings. The normalized spacial score (nSPS) is 43.0. The molecule has 16 aliphatic carbocycles. The first-order valence-electron chi connectivity index (χ1n) is 55.9. The predicted octanol–water partition coefficient (Wildman–Crippen LogP) is 22.8. The molecule has 0 saturated heterocycles. The predicted molar refractivity (Wildman–Crippen MR) is 560 cm³/mol. The molecule has 16 saturated carbocycles. The summed E-state index contributed by atoms with van der Waals surface area (Å²) in [7, 11) is -3.39. The first-order valence-corrected chi connectivity index (χ1v) is 59.6. The smallest absolute Gasteiger partial charge is 0.175 e. The minimum atomic E-state index is -3.33. The number of para-hydroxylation sites is 1. The molecule has 4 heterocycles. The van der Waals surface area contributed by atoms with Gasteiger partial charge < -0.3 is 20.4 Å². The number of Topliss-reactive ketones (excluding diaryl/α,β-unsaturated/α-hetero) is 4. The molecule has 0 amide bonds. The first-order chi connectivity index (χ1) is 66.9. The number of hydrogen-bond acceptors (Lipinski definition) is 18. The number of ketones is 4. The van der Waals surface area contributed by atoms with Crippen molar-refractivity contribution in [3.05, 3.63) is 84.4 Å². The van der Waals surface area contributed by atoms with Crippen LogP contribution < -0.4 is 0 Å². The third-order valence-corrected chi connectivity index (χ3v) is 48.1. The Kier molecular flexibility index (Phi) is 25.6. The molecule has 24 rings (SSSR count). The molecule has 772 valence electrons. The maximum Gasteiger partial charge on any atom is 0.175 e. The van der Waals surface area contributed by atoms with Crippen molar-refractivity contribution >= 4 is 93.5 Å². The Hall–Kier alpha value is -6.83. The molecule has 22 nitrogen and oxygen atoms in total. The van der Waals surface area contributed by atoms with Crippen molar-refractivity contribution in [1.82, 2.24) is 60.0 Å². The molecule has 1 unspecified atom stereocenters. The van der Waals surface area contributed by atoms with Crippen molar-refractivity contribution in [2.24, 2.45) is 162 Å². The van der Waals surface area contributed by atoms with E-state index in [1.807, 2.05) is 93.4 Å². The number of aliphatic hydroxyl groups is 4. The summed E-state index contributed by atoms with van der Waals surface area (Å²) in [6.07, 6.45) is 43.7. The van der Waals surface area contributed by atoms with Crippen LogP contribution in [-0.2, 0) is 54.2 Å². The molecule has 24 heteroatoms. The molecule has 0 spiro atoms. The summed E-state index contributed by atoms with van der Waals surface area (Å²) >= 11 is 0. The lowest BCUT2D eigenvalue weighted by molar-refractivity contribution is -0.153. The highest BCUT2D eigenvalue weighted by atomic mass is 32.2.